The van der Waals surface area contributed by atoms with Crippen LogP contribution in [0.5, 0.6) is 0 Å². The SMILES string of the molecule is Cc1ccc(C=C(C#N)C(=O)Nc2cccc3ncccc23)o1.Cl. The van der Waals surface area contributed by atoms with Gasteiger partial charge in [-0.15, -0.1) is 12.4 Å². The lowest BCUT2D eigenvalue weighted by Gasteiger charge is -2.07. The predicted molar refractivity (Wildman–Crippen MR) is 94.7 cm³/mol. The van der Waals surface area contributed by atoms with Crippen LogP contribution < -0.4 is 5.32 Å². The molecule has 0 radical (unpaired) electrons. The van der Waals surface area contributed by atoms with Gasteiger partial charge in [-0.2, -0.15) is 5.26 Å². The Kier molecular flexibility index (Phi) is 5.35. The number of carbonyl (C=O) groups excluding carboxylic acids is 1. The Hall–Kier alpha value is -3.10. The van der Waals surface area contributed by atoms with Crippen LogP contribution in [0.1, 0.15) is 11.5 Å². The van der Waals surface area contributed by atoms with Crippen molar-refractivity contribution in [1.29, 1.82) is 5.26 Å². The lowest BCUT2D eigenvalue weighted by molar-refractivity contribution is -0.112. The molecule has 0 unspecified atom stereocenters. The first-order valence-electron chi connectivity index (χ1n) is 7.01. The van der Waals surface area contributed by atoms with Gasteiger partial charge in [-0.25, -0.2) is 0 Å². The van der Waals surface area contributed by atoms with E-state index in [1.807, 2.05) is 18.2 Å². The van der Waals surface area contributed by atoms with E-state index in [1.165, 1.54) is 6.08 Å². The van der Waals surface area contributed by atoms with Gasteiger partial charge in [0.05, 0.1) is 11.2 Å². The van der Waals surface area contributed by atoms with Crippen molar-refractivity contribution in [3.05, 3.63) is 65.8 Å². The molecule has 2 heterocycles. The fraction of sp³-hybridized carbons (Fsp3) is 0.0556. The smallest absolute Gasteiger partial charge is 0.266 e. The van der Waals surface area contributed by atoms with E-state index in [0.29, 0.717) is 17.2 Å². The summed E-state index contributed by atoms with van der Waals surface area (Å²) in [6.07, 6.45) is 3.11. The van der Waals surface area contributed by atoms with E-state index in [9.17, 15) is 10.1 Å². The fourth-order valence-corrected chi connectivity index (χ4v) is 2.22. The number of anilines is 1. The average Bonchev–Trinajstić information content (AvgIpc) is 2.98. The van der Waals surface area contributed by atoms with Crippen LogP contribution in [0, 0.1) is 18.3 Å². The number of hydrogen-bond donors (Lipinski definition) is 1. The monoisotopic (exact) mass is 339 g/mol. The molecular formula is C18H14ClN3O2. The lowest BCUT2D eigenvalue weighted by atomic mass is 10.1. The zero-order valence-electron chi connectivity index (χ0n) is 12.8. The first-order chi connectivity index (χ1) is 11.2. The highest BCUT2D eigenvalue weighted by atomic mass is 35.5. The van der Waals surface area contributed by atoms with E-state index in [4.69, 9.17) is 4.42 Å². The summed E-state index contributed by atoms with van der Waals surface area (Å²) in [5.74, 6) is 0.695. The second-order valence-electron chi connectivity index (χ2n) is 4.95. The normalized spacial score (nSPS) is 10.8. The van der Waals surface area contributed by atoms with Crippen molar-refractivity contribution >= 4 is 41.0 Å². The molecule has 1 aromatic carbocycles. The average molecular weight is 340 g/mol. The first-order valence-corrected chi connectivity index (χ1v) is 7.01. The summed E-state index contributed by atoms with van der Waals surface area (Å²) in [5, 5.41) is 12.8. The van der Waals surface area contributed by atoms with Gasteiger partial charge in [0, 0.05) is 17.7 Å². The molecule has 0 bridgehead atoms. The summed E-state index contributed by atoms with van der Waals surface area (Å²) < 4.78 is 5.37. The number of halogens is 1. The zero-order chi connectivity index (χ0) is 16.2. The number of hydrogen-bond acceptors (Lipinski definition) is 4. The predicted octanol–water partition coefficient (Wildman–Crippen LogP) is 4.10. The van der Waals surface area contributed by atoms with Crippen LogP contribution in [0.15, 0.2) is 58.7 Å². The number of nitriles is 1. The van der Waals surface area contributed by atoms with Gasteiger partial charge in [0.1, 0.15) is 23.2 Å². The third-order valence-electron chi connectivity index (χ3n) is 3.31. The molecule has 0 aliphatic heterocycles. The highest BCUT2D eigenvalue weighted by Gasteiger charge is 2.12. The number of benzene rings is 1. The number of aryl methyl sites for hydroxylation is 1. The molecule has 5 nitrogen and oxygen atoms in total. The Morgan fingerprint density at radius 2 is 2.08 bits per heavy atom. The number of aromatic nitrogens is 1. The molecule has 120 valence electrons. The molecule has 6 heteroatoms. The standard InChI is InChI=1S/C18H13N3O2.ClH/c1-12-7-8-14(23-12)10-13(11-19)18(22)21-17-6-2-5-16-15(17)4-3-9-20-16;/h2-10H,1H3,(H,21,22);1H. The molecule has 0 saturated heterocycles. The third kappa shape index (κ3) is 3.62. The Labute approximate surface area is 145 Å². The second kappa shape index (κ2) is 7.44. The van der Waals surface area contributed by atoms with Crippen LogP contribution >= 0.6 is 12.4 Å². The molecule has 0 aliphatic rings. The van der Waals surface area contributed by atoms with Crippen molar-refractivity contribution in [3.63, 3.8) is 0 Å². The van der Waals surface area contributed by atoms with Crippen LogP contribution in [0.4, 0.5) is 5.69 Å². The van der Waals surface area contributed by atoms with Gasteiger partial charge < -0.3 is 9.73 Å². The first kappa shape index (κ1) is 17.3. The molecule has 1 amide bonds. The molecule has 24 heavy (non-hydrogen) atoms. The Bertz CT molecular complexity index is 949. The van der Waals surface area contributed by atoms with E-state index >= 15 is 0 Å². The number of pyridine rings is 1. The van der Waals surface area contributed by atoms with Gasteiger partial charge in [0.25, 0.3) is 5.91 Å². The fourth-order valence-electron chi connectivity index (χ4n) is 2.22. The van der Waals surface area contributed by atoms with E-state index < -0.39 is 5.91 Å². The summed E-state index contributed by atoms with van der Waals surface area (Å²) in [4.78, 5) is 16.6. The topological polar surface area (TPSA) is 78.9 Å². The van der Waals surface area contributed by atoms with E-state index in [1.54, 1.807) is 43.5 Å². The Morgan fingerprint density at radius 1 is 1.25 bits per heavy atom. The highest BCUT2D eigenvalue weighted by molar-refractivity contribution is 6.12. The van der Waals surface area contributed by atoms with Crippen LogP contribution in [0.25, 0.3) is 17.0 Å². The van der Waals surface area contributed by atoms with Crippen molar-refractivity contribution in [3.8, 4) is 6.07 Å². The maximum atomic E-state index is 12.3. The van der Waals surface area contributed by atoms with Gasteiger partial charge in [-0.05, 0) is 43.3 Å². The molecule has 3 rings (SSSR count). The molecular weight excluding hydrogens is 326 g/mol. The van der Waals surface area contributed by atoms with Crippen molar-refractivity contribution in [2.75, 3.05) is 5.32 Å². The largest absolute Gasteiger partial charge is 0.462 e. The maximum absolute atomic E-state index is 12.3. The number of furan rings is 1. The highest BCUT2D eigenvalue weighted by Crippen LogP contribution is 2.22. The zero-order valence-corrected chi connectivity index (χ0v) is 13.6. The Balaban J connectivity index is 0.00000208. The second-order valence-corrected chi connectivity index (χ2v) is 4.95. The maximum Gasteiger partial charge on any atom is 0.266 e. The number of amides is 1. The minimum Gasteiger partial charge on any atom is -0.462 e. The van der Waals surface area contributed by atoms with Crippen molar-refractivity contribution in [1.82, 2.24) is 4.98 Å². The Morgan fingerprint density at radius 3 is 2.79 bits per heavy atom. The summed E-state index contributed by atoms with van der Waals surface area (Å²) in [6.45, 7) is 1.80. The minimum atomic E-state index is -0.488. The van der Waals surface area contributed by atoms with Crippen LogP contribution in [-0.2, 0) is 4.79 Å². The van der Waals surface area contributed by atoms with Gasteiger partial charge in [-0.3, -0.25) is 9.78 Å². The van der Waals surface area contributed by atoms with Gasteiger partial charge in [0.15, 0.2) is 0 Å². The third-order valence-corrected chi connectivity index (χ3v) is 3.31. The molecule has 0 saturated carbocycles. The van der Waals surface area contributed by atoms with Crippen LogP contribution in [0.2, 0.25) is 0 Å². The number of nitrogens with one attached hydrogen (secondary N) is 1. The summed E-state index contributed by atoms with van der Waals surface area (Å²) in [6, 6.07) is 14.5. The van der Waals surface area contributed by atoms with Crippen molar-refractivity contribution in [2.45, 2.75) is 6.92 Å². The van der Waals surface area contributed by atoms with Crippen molar-refractivity contribution in [2.24, 2.45) is 0 Å². The van der Waals surface area contributed by atoms with E-state index in [2.05, 4.69) is 10.3 Å². The van der Waals surface area contributed by atoms with E-state index in [-0.39, 0.29) is 18.0 Å². The van der Waals surface area contributed by atoms with Crippen molar-refractivity contribution < 1.29 is 9.21 Å². The minimum absolute atomic E-state index is 0. The van der Waals surface area contributed by atoms with Gasteiger partial charge in [0.2, 0.25) is 0 Å². The molecule has 0 spiro atoms. The lowest BCUT2D eigenvalue weighted by Crippen LogP contribution is -2.13. The molecule has 3 aromatic rings. The number of nitrogens with zero attached hydrogens (tertiary/aromatic N) is 2. The molecule has 0 aliphatic carbocycles. The number of rotatable bonds is 3. The molecule has 1 N–H and O–H groups in total. The summed E-state index contributed by atoms with van der Waals surface area (Å²) in [7, 11) is 0. The van der Waals surface area contributed by atoms with E-state index in [0.717, 1.165) is 10.9 Å². The van der Waals surface area contributed by atoms with Gasteiger partial charge in [-0.1, -0.05) is 6.07 Å². The molecule has 0 fully saturated rings. The number of carbonyl (C=O) groups is 1. The van der Waals surface area contributed by atoms with Crippen LogP contribution in [0.3, 0.4) is 0 Å². The molecule has 0 atom stereocenters. The van der Waals surface area contributed by atoms with Crippen LogP contribution in [-0.4, -0.2) is 10.9 Å². The quantitative estimate of drug-likeness (QED) is 0.575. The van der Waals surface area contributed by atoms with Gasteiger partial charge >= 0.3 is 0 Å². The molecule has 2 aromatic heterocycles. The summed E-state index contributed by atoms with van der Waals surface area (Å²) >= 11 is 0. The number of fused-ring (bicyclic) bond motifs is 1. The summed E-state index contributed by atoms with van der Waals surface area (Å²) in [5.41, 5.74) is 1.35.